The van der Waals surface area contributed by atoms with Gasteiger partial charge in [0.25, 0.3) is 0 Å². The van der Waals surface area contributed by atoms with Crippen LogP contribution >= 0.6 is 0 Å². The van der Waals surface area contributed by atoms with Crippen molar-refractivity contribution >= 4 is 5.91 Å². The van der Waals surface area contributed by atoms with Gasteiger partial charge in [-0.3, -0.25) is 4.79 Å². The maximum atomic E-state index is 12.3. The summed E-state index contributed by atoms with van der Waals surface area (Å²) in [6.45, 7) is 4.92. The standard InChI is InChI=1S/C15H24N2O3/c1-15(2,14(18)17-9-5-8-16)11-6-7-12(19-3)13(10-11)20-4/h6-7,10H,5,8-9,16H2,1-4H3,(H,17,18). The van der Waals surface area contributed by atoms with Crippen LogP contribution in [-0.4, -0.2) is 33.2 Å². The third-order valence-electron chi connectivity index (χ3n) is 3.34. The molecule has 5 nitrogen and oxygen atoms in total. The number of methoxy groups -OCH3 is 2. The molecular formula is C15H24N2O3. The van der Waals surface area contributed by atoms with Crippen molar-refractivity contribution in [1.29, 1.82) is 0 Å². The molecule has 20 heavy (non-hydrogen) atoms. The summed E-state index contributed by atoms with van der Waals surface area (Å²) in [6.07, 6.45) is 0.772. The zero-order valence-corrected chi connectivity index (χ0v) is 12.7. The van der Waals surface area contributed by atoms with Crippen molar-refractivity contribution in [3.05, 3.63) is 23.8 Å². The molecule has 0 aromatic heterocycles. The van der Waals surface area contributed by atoms with Crippen LogP contribution in [0.4, 0.5) is 0 Å². The molecule has 0 saturated heterocycles. The van der Waals surface area contributed by atoms with Crippen molar-refractivity contribution in [2.75, 3.05) is 27.3 Å². The van der Waals surface area contributed by atoms with Crippen molar-refractivity contribution in [3.63, 3.8) is 0 Å². The number of hydrogen-bond acceptors (Lipinski definition) is 4. The van der Waals surface area contributed by atoms with Gasteiger partial charge in [-0.1, -0.05) is 6.07 Å². The van der Waals surface area contributed by atoms with E-state index in [1.54, 1.807) is 14.2 Å². The molecule has 0 bridgehead atoms. The summed E-state index contributed by atoms with van der Waals surface area (Å²) in [7, 11) is 3.16. The minimum atomic E-state index is -0.645. The second-order valence-electron chi connectivity index (χ2n) is 5.09. The molecule has 0 aliphatic rings. The monoisotopic (exact) mass is 280 g/mol. The maximum Gasteiger partial charge on any atom is 0.230 e. The first-order valence-corrected chi connectivity index (χ1v) is 6.68. The van der Waals surface area contributed by atoms with Gasteiger partial charge in [-0.05, 0) is 44.5 Å². The van der Waals surface area contributed by atoms with Crippen LogP contribution in [0.15, 0.2) is 18.2 Å². The largest absolute Gasteiger partial charge is 0.493 e. The highest BCUT2D eigenvalue weighted by Gasteiger charge is 2.30. The topological polar surface area (TPSA) is 73.6 Å². The predicted molar refractivity (Wildman–Crippen MR) is 79.3 cm³/mol. The number of hydrogen-bond donors (Lipinski definition) is 2. The Labute approximate surface area is 120 Å². The highest BCUT2D eigenvalue weighted by molar-refractivity contribution is 5.87. The summed E-state index contributed by atoms with van der Waals surface area (Å²) in [5.74, 6) is 1.24. The van der Waals surface area contributed by atoms with Crippen LogP contribution in [0.3, 0.4) is 0 Å². The van der Waals surface area contributed by atoms with Crippen LogP contribution in [0, 0.1) is 0 Å². The van der Waals surface area contributed by atoms with Gasteiger partial charge >= 0.3 is 0 Å². The Balaban J connectivity index is 2.93. The minimum Gasteiger partial charge on any atom is -0.493 e. The molecular weight excluding hydrogens is 256 g/mol. The van der Waals surface area contributed by atoms with E-state index in [-0.39, 0.29) is 5.91 Å². The number of amides is 1. The number of carbonyl (C=O) groups is 1. The Hall–Kier alpha value is -1.75. The van der Waals surface area contributed by atoms with Crippen LogP contribution in [0.2, 0.25) is 0 Å². The molecule has 0 aliphatic heterocycles. The number of nitrogens with two attached hydrogens (primary N) is 1. The number of benzene rings is 1. The van der Waals surface area contributed by atoms with Crippen LogP contribution in [0.1, 0.15) is 25.8 Å². The van der Waals surface area contributed by atoms with E-state index in [2.05, 4.69) is 5.32 Å². The van der Waals surface area contributed by atoms with Crippen molar-refractivity contribution in [2.24, 2.45) is 5.73 Å². The van der Waals surface area contributed by atoms with Crippen LogP contribution in [0.5, 0.6) is 11.5 Å². The third kappa shape index (κ3) is 3.63. The highest BCUT2D eigenvalue weighted by Crippen LogP contribution is 2.33. The van der Waals surface area contributed by atoms with Crippen molar-refractivity contribution in [1.82, 2.24) is 5.32 Å². The molecule has 0 radical (unpaired) electrons. The normalized spacial score (nSPS) is 11.1. The highest BCUT2D eigenvalue weighted by atomic mass is 16.5. The van der Waals surface area contributed by atoms with E-state index in [4.69, 9.17) is 15.2 Å². The molecule has 0 fully saturated rings. The Kier molecular flexibility index (Phi) is 5.82. The molecule has 3 N–H and O–H groups in total. The van der Waals surface area contributed by atoms with Crippen LogP contribution < -0.4 is 20.5 Å². The molecule has 0 heterocycles. The molecule has 1 aromatic carbocycles. The molecule has 0 saturated carbocycles. The fourth-order valence-electron chi connectivity index (χ4n) is 1.88. The van der Waals surface area contributed by atoms with Crippen molar-refractivity contribution < 1.29 is 14.3 Å². The fraction of sp³-hybridized carbons (Fsp3) is 0.533. The zero-order valence-electron chi connectivity index (χ0n) is 12.7. The van der Waals surface area contributed by atoms with E-state index in [9.17, 15) is 4.79 Å². The second kappa shape index (κ2) is 7.14. The van der Waals surface area contributed by atoms with Gasteiger partial charge in [-0.15, -0.1) is 0 Å². The quantitative estimate of drug-likeness (QED) is 0.741. The molecule has 0 unspecified atom stereocenters. The predicted octanol–water partition coefficient (Wildman–Crippen LogP) is 1.45. The number of carbonyl (C=O) groups excluding carboxylic acids is 1. The smallest absolute Gasteiger partial charge is 0.230 e. The lowest BCUT2D eigenvalue weighted by atomic mass is 9.83. The molecule has 0 atom stereocenters. The van der Waals surface area contributed by atoms with Gasteiger partial charge in [0.15, 0.2) is 11.5 Å². The summed E-state index contributed by atoms with van der Waals surface area (Å²) < 4.78 is 10.5. The van der Waals surface area contributed by atoms with E-state index >= 15 is 0 Å². The van der Waals surface area contributed by atoms with Crippen molar-refractivity contribution in [2.45, 2.75) is 25.7 Å². The lowest BCUT2D eigenvalue weighted by Gasteiger charge is -2.25. The van der Waals surface area contributed by atoms with E-state index < -0.39 is 5.41 Å². The fourth-order valence-corrected chi connectivity index (χ4v) is 1.88. The summed E-state index contributed by atoms with van der Waals surface area (Å²) in [5, 5.41) is 2.90. The molecule has 1 amide bonds. The second-order valence-corrected chi connectivity index (χ2v) is 5.09. The Morgan fingerprint density at radius 2 is 1.90 bits per heavy atom. The summed E-state index contributed by atoms with van der Waals surface area (Å²) in [6, 6.07) is 5.52. The van der Waals surface area contributed by atoms with E-state index in [0.717, 1.165) is 12.0 Å². The lowest BCUT2D eigenvalue weighted by Crippen LogP contribution is -2.40. The number of ether oxygens (including phenoxy) is 2. The lowest BCUT2D eigenvalue weighted by molar-refractivity contribution is -0.125. The Bertz CT molecular complexity index is 458. The first-order chi connectivity index (χ1) is 9.47. The first-order valence-electron chi connectivity index (χ1n) is 6.68. The molecule has 112 valence electrons. The minimum absolute atomic E-state index is 0.0295. The van der Waals surface area contributed by atoms with Gasteiger partial charge in [0.2, 0.25) is 5.91 Å². The number of rotatable bonds is 7. The van der Waals surface area contributed by atoms with Gasteiger partial charge in [0, 0.05) is 6.54 Å². The first kappa shape index (κ1) is 16.3. The number of nitrogens with one attached hydrogen (secondary N) is 1. The van der Waals surface area contributed by atoms with Gasteiger partial charge in [-0.2, -0.15) is 0 Å². The average Bonchev–Trinajstić information content (AvgIpc) is 2.46. The van der Waals surface area contributed by atoms with E-state index in [0.29, 0.717) is 24.6 Å². The maximum absolute atomic E-state index is 12.3. The molecule has 1 rings (SSSR count). The molecule has 0 spiro atoms. The van der Waals surface area contributed by atoms with Gasteiger partial charge in [0.1, 0.15) is 0 Å². The van der Waals surface area contributed by atoms with E-state index in [1.165, 1.54) is 0 Å². The van der Waals surface area contributed by atoms with Gasteiger partial charge < -0.3 is 20.5 Å². The third-order valence-corrected chi connectivity index (χ3v) is 3.34. The zero-order chi connectivity index (χ0) is 15.2. The molecule has 0 aliphatic carbocycles. The van der Waals surface area contributed by atoms with Gasteiger partial charge in [-0.25, -0.2) is 0 Å². The summed E-state index contributed by atoms with van der Waals surface area (Å²) >= 11 is 0. The summed E-state index contributed by atoms with van der Waals surface area (Å²) in [4.78, 5) is 12.3. The molecule has 1 aromatic rings. The summed E-state index contributed by atoms with van der Waals surface area (Å²) in [5.41, 5.74) is 5.65. The molecule has 5 heteroatoms. The average molecular weight is 280 g/mol. The van der Waals surface area contributed by atoms with E-state index in [1.807, 2.05) is 32.0 Å². The van der Waals surface area contributed by atoms with Crippen molar-refractivity contribution in [3.8, 4) is 11.5 Å². The SMILES string of the molecule is COc1ccc(C(C)(C)C(=O)NCCCN)cc1OC. The van der Waals surface area contributed by atoms with Crippen LogP contribution in [0.25, 0.3) is 0 Å². The van der Waals surface area contributed by atoms with Gasteiger partial charge in [0.05, 0.1) is 19.6 Å². The Morgan fingerprint density at radius 3 is 2.45 bits per heavy atom. The van der Waals surface area contributed by atoms with Crippen LogP contribution in [-0.2, 0) is 10.2 Å². The Morgan fingerprint density at radius 1 is 1.25 bits per heavy atom.